The molecule has 0 heterocycles. The van der Waals surface area contributed by atoms with Gasteiger partial charge in [-0.2, -0.15) is 0 Å². The van der Waals surface area contributed by atoms with Gasteiger partial charge in [-0.25, -0.2) is 0 Å². The highest BCUT2D eigenvalue weighted by Gasteiger charge is 2.24. The second-order valence-corrected chi connectivity index (χ2v) is 17.9. The molecule has 3 N–H and O–H groups in total. The summed E-state index contributed by atoms with van der Waals surface area (Å²) in [5.41, 5.74) is 0. The summed E-state index contributed by atoms with van der Waals surface area (Å²) in [7, 11) is 0. The molecule has 0 fully saturated rings. The Morgan fingerprint density at radius 1 is 0.483 bits per heavy atom. The number of unbranched alkanes of at least 4 members (excludes halogenated alkanes) is 33. The number of aliphatic hydroxyl groups excluding tert-OH is 2. The van der Waals surface area contributed by atoms with Gasteiger partial charge < -0.3 is 20.3 Å². The Kier molecular flexibility index (Phi) is 45.5. The fraction of sp³-hybridized carbons (Fsp3) is 0.923. The number of allylic oxidation sites excluding steroid dienone is 2. The maximum absolute atomic E-state index is 13.2. The summed E-state index contributed by atoms with van der Waals surface area (Å²) in [5.74, 6) is -0.463. The van der Waals surface area contributed by atoms with Crippen LogP contribution in [0.3, 0.4) is 0 Å². The molecule has 0 aromatic heterocycles. The van der Waals surface area contributed by atoms with E-state index in [0.717, 1.165) is 44.9 Å². The van der Waals surface area contributed by atoms with Crippen LogP contribution in [-0.2, 0) is 14.3 Å². The monoisotopic (exact) mass is 820 g/mol. The summed E-state index contributed by atoms with van der Waals surface area (Å²) in [4.78, 5) is 26.1. The van der Waals surface area contributed by atoms with E-state index in [0.29, 0.717) is 19.3 Å². The first-order chi connectivity index (χ1) is 28.5. The third-order valence-electron chi connectivity index (χ3n) is 12.1. The fourth-order valence-electron chi connectivity index (χ4n) is 8.13. The van der Waals surface area contributed by atoms with Gasteiger partial charge in [0.2, 0.25) is 5.91 Å². The number of aliphatic hydroxyl groups is 2. The van der Waals surface area contributed by atoms with E-state index < -0.39 is 18.2 Å². The third kappa shape index (κ3) is 41.3. The third-order valence-corrected chi connectivity index (χ3v) is 12.1. The molecular formula is C52H101NO5. The highest BCUT2D eigenvalue weighted by molar-refractivity contribution is 5.77. The largest absolute Gasteiger partial charge is 0.462 e. The van der Waals surface area contributed by atoms with E-state index in [9.17, 15) is 19.8 Å². The predicted molar refractivity (Wildman–Crippen MR) is 250 cm³/mol. The van der Waals surface area contributed by atoms with Gasteiger partial charge in [0.05, 0.1) is 25.2 Å². The molecule has 0 aromatic carbocycles. The van der Waals surface area contributed by atoms with Crippen LogP contribution in [0.15, 0.2) is 12.2 Å². The zero-order valence-corrected chi connectivity index (χ0v) is 39.2. The van der Waals surface area contributed by atoms with Crippen molar-refractivity contribution in [2.75, 3.05) is 6.61 Å². The second kappa shape index (κ2) is 46.7. The van der Waals surface area contributed by atoms with Gasteiger partial charge in [0.1, 0.15) is 6.10 Å². The number of ether oxygens (including phenoxy) is 1. The van der Waals surface area contributed by atoms with Crippen molar-refractivity contribution in [1.29, 1.82) is 0 Å². The average Bonchev–Trinajstić information content (AvgIpc) is 3.22. The zero-order valence-electron chi connectivity index (χ0n) is 39.2. The van der Waals surface area contributed by atoms with Crippen LogP contribution < -0.4 is 5.32 Å². The van der Waals surface area contributed by atoms with Crippen LogP contribution in [0, 0.1) is 0 Å². The second-order valence-electron chi connectivity index (χ2n) is 17.9. The van der Waals surface area contributed by atoms with Gasteiger partial charge in [-0.1, -0.05) is 232 Å². The number of hydrogen-bond acceptors (Lipinski definition) is 5. The van der Waals surface area contributed by atoms with Crippen LogP contribution in [0.4, 0.5) is 0 Å². The smallest absolute Gasteiger partial charge is 0.306 e. The Bertz CT molecular complexity index is 878. The quantitative estimate of drug-likeness (QED) is 0.0323. The molecule has 1 amide bonds. The summed E-state index contributed by atoms with van der Waals surface area (Å²) in [6.45, 7) is 6.48. The molecular weight excluding hydrogens is 719 g/mol. The highest BCUT2D eigenvalue weighted by atomic mass is 16.5. The number of nitrogens with one attached hydrogen (secondary N) is 1. The van der Waals surface area contributed by atoms with Crippen LogP contribution >= 0.6 is 0 Å². The van der Waals surface area contributed by atoms with Gasteiger partial charge in [0.25, 0.3) is 0 Å². The minimum Gasteiger partial charge on any atom is -0.462 e. The first-order valence-corrected chi connectivity index (χ1v) is 25.9. The van der Waals surface area contributed by atoms with Crippen molar-refractivity contribution in [2.24, 2.45) is 0 Å². The molecule has 0 bridgehead atoms. The van der Waals surface area contributed by atoms with E-state index in [1.54, 1.807) is 0 Å². The van der Waals surface area contributed by atoms with Crippen LogP contribution in [0.25, 0.3) is 0 Å². The minimum atomic E-state index is -0.780. The van der Waals surface area contributed by atoms with Crippen molar-refractivity contribution in [3.05, 3.63) is 12.2 Å². The van der Waals surface area contributed by atoms with Gasteiger partial charge in [-0.3, -0.25) is 9.59 Å². The molecule has 0 aromatic rings. The first kappa shape index (κ1) is 56.6. The molecule has 0 spiro atoms. The summed E-state index contributed by atoms with van der Waals surface area (Å²) in [5, 5.41) is 23.7. The van der Waals surface area contributed by atoms with Gasteiger partial charge in [-0.05, 0) is 51.4 Å². The van der Waals surface area contributed by atoms with E-state index in [-0.39, 0.29) is 24.9 Å². The lowest BCUT2D eigenvalue weighted by atomic mass is 10.0. The lowest BCUT2D eigenvalue weighted by Crippen LogP contribution is -2.46. The Morgan fingerprint density at radius 2 is 0.828 bits per heavy atom. The molecule has 0 saturated carbocycles. The van der Waals surface area contributed by atoms with Crippen LogP contribution in [0.2, 0.25) is 0 Å². The molecule has 0 aliphatic carbocycles. The summed E-state index contributed by atoms with van der Waals surface area (Å²) >= 11 is 0. The van der Waals surface area contributed by atoms with E-state index in [4.69, 9.17) is 4.74 Å². The minimum absolute atomic E-state index is 0.0828. The molecule has 0 saturated heterocycles. The van der Waals surface area contributed by atoms with Crippen molar-refractivity contribution >= 4 is 11.9 Å². The van der Waals surface area contributed by atoms with E-state index in [1.807, 2.05) is 0 Å². The maximum atomic E-state index is 13.2. The molecule has 0 aliphatic heterocycles. The number of carbonyl (C=O) groups is 2. The first-order valence-electron chi connectivity index (χ1n) is 25.9. The maximum Gasteiger partial charge on any atom is 0.306 e. The van der Waals surface area contributed by atoms with Crippen LogP contribution in [0.1, 0.15) is 284 Å². The topological polar surface area (TPSA) is 95.9 Å². The molecule has 3 unspecified atom stereocenters. The molecule has 6 nitrogen and oxygen atoms in total. The van der Waals surface area contributed by atoms with Crippen molar-refractivity contribution in [3.63, 3.8) is 0 Å². The molecule has 0 radical (unpaired) electrons. The Hall–Kier alpha value is -1.40. The summed E-state index contributed by atoms with van der Waals surface area (Å²) in [6, 6.07) is -0.694. The SMILES string of the molecule is CCCCCCCC/C=C/CCCCCCCCCC(=O)OC(CCCCCCCCCCCCCCC)CC(=O)NC(CO)C(O)CCCCCCCCCCC. The summed E-state index contributed by atoms with van der Waals surface area (Å²) in [6.07, 6.45) is 51.3. The van der Waals surface area contributed by atoms with Crippen molar-refractivity contribution in [2.45, 2.75) is 302 Å². The van der Waals surface area contributed by atoms with E-state index in [1.165, 1.54) is 193 Å². The average molecular weight is 820 g/mol. The Balaban J connectivity index is 4.50. The van der Waals surface area contributed by atoms with Crippen LogP contribution in [-0.4, -0.2) is 46.9 Å². The molecule has 58 heavy (non-hydrogen) atoms. The van der Waals surface area contributed by atoms with E-state index >= 15 is 0 Å². The molecule has 3 atom stereocenters. The van der Waals surface area contributed by atoms with Gasteiger partial charge in [-0.15, -0.1) is 0 Å². The lowest BCUT2D eigenvalue weighted by Gasteiger charge is -2.24. The molecule has 6 heteroatoms. The molecule has 344 valence electrons. The van der Waals surface area contributed by atoms with Crippen LogP contribution in [0.5, 0.6) is 0 Å². The summed E-state index contributed by atoms with van der Waals surface area (Å²) < 4.78 is 5.93. The number of rotatable bonds is 47. The number of esters is 1. The molecule has 0 rings (SSSR count). The van der Waals surface area contributed by atoms with Crippen molar-refractivity contribution in [3.8, 4) is 0 Å². The predicted octanol–water partition coefficient (Wildman–Crippen LogP) is 15.3. The van der Waals surface area contributed by atoms with Crippen molar-refractivity contribution in [1.82, 2.24) is 5.32 Å². The molecule has 0 aliphatic rings. The van der Waals surface area contributed by atoms with E-state index in [2.05, 4.69) is 38.2 Å². The van der Waals surface area contributed by atoms with Gasteiger partial charge >= 0.3 is 5.97 Å². The Labute approximate surface area is 361 Å². The van der Waals surface area contributed by atoms with Crippen molar-refractivity contribution < 1.29 is 24.5 Å². The lowest BCUT2D eigenvalue weighted by molar-refractivity contribution is -0.151. The fourth-order valence-corrected chi connectivity index (χ4v) is 8.13. The van der Waals surface area contributed by atoms with Gasteiger partial charge in [0, 0.05) is 6.42 Å². The highest BCUT2D eigenvalue weighted by Crippen LogP contribution is 2.18. The standard InChI is InChI=1S/C52H101NO5/c1-4-7-10-13-16-19-21-23-24-25-26-28-30-33-36-39-42-45-52(57)58-48(43-40-37-34-32-29-27-22-20-17-14-11-8-5-2)46-51(56)53-49(47-54)50(55)44-41-38-35-31-18-15-12-9-6-3/h23-24,48-50,54-55H,4-22,25-47H2,1-3H3,(H,53,56)/b24-23+. The number of amides is 1. The number of hydrogen-bond donors (Lipinski definition) is 3. The Morgan fingerprint density at radius 3 is 1.22 bits per heavy atom. The zero-order chi connectivity index (χ0) is 42.4. The normalized spacial score (nSPS) is 13.3. The van der Waals surface area contributed by atoms with Gasteiger partial charge in [0.15, 0.2) is 0 Å². The number of carbonyl (C=O) groups excluding carboxylic acids is 2.